The molecule has 0 spiro atoms. The van der Waals surface area contributed by atoms with E-state index in [0.717, 1.165) is 57.1 Å². The second-order valence-corrected chi connectivity index (χ2v) is 7.38. The molecule has 0 aliphatic carbocycles. The first kappa shape index (κ1) is 14.9. The number of carbonyl (C=O) groups is 1. The van der Waals surface area contributed by atoms with Crippen molar-refractivity contribution in [3.63, 3.8) is 0 Å². The SMILES string of the molecule is CN1CCN(C(=O)c2n[nH]c3c2CN(Cc2cccs2)C3)CC1. The van der Waals surface area contributed by atoms with Crippen LogP contribution < -0.4 is 0 Å². The third kappa shape index (κ3) is 2.91. The molecule has 6 nitrogen and oxygen atoms in total. The molecule has 23 heavy (non-hydrogen) atoms. The third-order valence-corrected chi connectivity index (χ3v) is 5.53. The van der Waals surface area contributed by atoms with Gasteiger partial charge in [-0.15, -0.1) is 11.3 Å². The van der Waals surface area contributed by atoms with Crippen LogP contribution in [0, 0.1) is 0 Å². The summed E-state index contributed by atoms with van der Waals surface area (Å²) in [5, 5.41) is 9.49. The van der Waals surface area contributed by atoms with Crippen molar-refractivity contribution in [3.05, 3.63) is 39.3 Å². The van der Waals surface area contributed by atoms with E-state index in [2.05, 4.69) is 44.6 Å². The molecule has 1 fully saturated rings. The van der Waals surface area contributed by atoms with Crippen LogP contribution in [0.25, 0.3) is 0 Å². The lowest BCUT2D eigenvalue weighted by atomic mass is 10.2. The summed E-state index contributed by atoms with van der Waals surface area (Å²) >= 11 is 1.78. The van der Waals surface area contributed by atoms with Gasteiger partial charge in [-0.3, -0.25) is 14.8 Å². The first-order chi connectivity index (χ1) is 11.2. The van der Waals surface area contributed by atoms with Gasteiger partial charge in [0.25, 0.3) is 5.91 Å². The first-order valence-electron chi connectivity index (χ1n) is 7.99. The normalized spacial score (nSPS) is 19.3. The highest BCUT2D eigenvalue weighted by Crippen LogP contribution is 2.27. The van der Waals surface area contributed by atoms with Gasteiger partial charge in [0.1, 0.15) is 0 Å². The number of aromatic nitrogens is 2. The van der Waals surface area contributed by atoms with E-state index in [1.807, 2.05) is 4.90 Å². The van der Waals surface area contributed by atoms with Crippen LogP contribution in [0.4, 0.5) is 0 Å². The van der Waals surface area contributed by atoms with Crippen molar-refractivity contribution in [1.82, 2.24) is 24.9 Å². The van der Waals surface area contributed by atoms with Crippen molar-refractivity contribution in [2.24, 2.45) is 0 Å². The van der Waals surface area contributed by atoms with E-state index < -0.39 is 0 Å². The molecular formula is C16H21N5OS. The van der Waals surface area contributed by atoms with Crippen LogP contribution in [0.1, 0.15) is 26.6 Å². The largest absolute Gasteiger partial charge is 0.335 e. The lowest BCUT2D eigenvalue weighted by molar-refractivity contribution is 0.0656. The number of amides is 1. The van der Waals surface area contributed by atoms with Gasteiger partial charge in [-0.2, -0.15) is 5.10 Å². The smallest absolute Gasteiger partial charge is 0.274 e. The Balaban J connectivity index is 1.46. The molecule has 2 aromatic rings. The maximum absolute atomic E-state index is 12.8. The van der Waals surface area contributed by atoms with Gasteiger partial charge in [0.2, 0.25) is 0 Å². The number of carbonyl (C=O) groups excluding carboxylic acids is 1. The Labute approximate surface area is 139 Å². The van der Waals surface area contributed by atoms with Gasteiger partial charge >= 0.3 is 0 Å². The highest BCUT2D eigenvalue weighted by atomic mass is 32.1. The average Bonchev–Trinajstić information content (AvgIpc) is 3.25. The third-order valence-electron chi connectivity index (χ3n) is 4.67. The molecule has 2 aliphatic rings. The number of nitrogens with one attached hydrogen (secondary N) is 1. The van der Waals surface area contributed by atoms with Crippen LogP contribution >= 0.6 is 11.3 Å². The maximum Gasteiger partial charge on any atom is 0.274 e. The number of rotatable bonds is 3. The quantitative estimate of drug-likeness (QED) is 0.923. The minimum Gasteiger partial charge on any atom is -0.335 e. The molecule has 0 radical (unpaired) electrons. The number of H-pyrrole nitrogens is 1. The maximum atomic E-state index is 12.8. The summed E-state index contributed by atoms with van der Waals surface area (Å²) in [4.78, 5) is 20.7. The fourth-order valence-electron chi connectivity index (χ4n) is 3.28. The Morgan fingerprint density at radius 2 is 2.13 bits per heavy atom. The van der Waals surface area contributed by atoms with Gasteiger partial charge < -0.3 is 9.80 Å². The van der Waals surface area contributed by atoms with Gasteiger partial charge in [0.15, 0.2) is 5.69 Å². The lowest BCUT2D eigenvalue weighted by Crippen LogP contribution is -2.47. The van der Waals surface area contributed by atoms with Crippen molar-refractivity contribution < 1.29 is 4.79 Å². The Morgan fingerprint density at radius 1 is 1.30 bits per heavy atom. The van der Waals surface area contributed by atoms with E-state index in [4.69, 9.17) is 0 Å². The molecule has 0 bridgehead atoms. The molecule has 4 rings (SSSR count). The average molecular weight is 331 g/mol. The molecule has 1 saturated heterocycles. The molecule has 4 heterocycles. The minimum atomic E-state index is 0.0774. The predicted molar refractivity (Wildman–Crippen MR) is 89.3 cm³/mol. The van der Waals surface area contributed by atoms with Gasteiger partial charge in [-0.05, 0) is 18.5 Å². The Morgan fingerprint density at radius 3 is 2.87 bits per heavy atom. The predicted octanol–water partition coefficient (Wildman–Crippen LogP) is 1.37. The minimum absolute atomic E-state index is 0.0774. The second kappa shape index (κ2) is 6.07. The molecule has 2 aromatic heterocycles. The molecule has 1 amide bonds. The summed E-state index contributed by atoms with van der Waals surface area (Å²) in [6, 6.07) is 4.24. The van der Waals surface area contributed by atoms with E-state index >= 15 is 0 Å². The number of hydrogen-bond donors (Lipinski definition) is 1. The molecule has 0 aromatic carbocycles. The van der Waals surface area contributed by atoms with Crippen LogP contribution in [0.5, 0.6) is 0 Å². The monoisotopic (exact) mass is 331 g/mol. The van der Waals surface area contributed by atoms with E-state index in [0.29, 0.717) is 5.69 Å². The van der Waals surface area contributed by atoms with E-state index in [1.54, 1.807) is 11.3 Å². The van der Waals surface area contributed by atoms with Gasteiger partial charge in [0, 0.05) is 56.3 Å². The highest BCUT2D eigenvalue weighted by Gasteiger charge is 2.31. The van der Waals surface area contributed by atoms with Gasteiger partial charge in [0.05, 0.1) is 5.69 Å². The summed E-state index contributed by atoms with van der Waals surface area (Å²) in [5.74, 6) is 0.0774. The van der Waals surface area contributed by atoms with Crippen molar-refractivity contribution in [3.8, 4) is 0 Å². The zero-order chi connectivity index (χ0) is 15.8. The van der Waals surface area contributed by atoms with Crippen LogP contribution in [-0.4, -0.2) is 64.0 Å². The highest BCUT2D eigenvalue weighted by molar-refractivity contribution is 7.09. The van der Waals surface area contributed by atoms with Gasteiger partial charge in [-0.25, -0.2) is 0 Å². The van der Waals surface area contributed by atoms with Crippen LogP contribution in [0.2, 0.25) is 0 Å². The number of aromatic amines is 1. The summed E-state index contributed by atoms with van der Waals surface area (Å²) < 4.78 is 0. The number of likely N-dealkylation sites (N-methyl/N-ethyl adjacent to an activating group) is 1. The standard InChI is InChI=1S/C16H21N5OS/c1-19-4-6-21(7-5-19)16(22)15-13-10-20(11-14(13)17-18-15)9-12-3-2-8-23-12/h2-3,8H,4-7,9-11H2,1H3,(H,17,18). The Bertz CT molecular complexity index is 687. The first-order valence-corrected chi connectivity index (χ1v) is 8.87. The van der Waals surface area contributed by atoms with Crippen LogP contribution in [-0.2, 0) is 19.6 Å². The summed E-state index contributed by atoms with van der Waals surface area (Å²) in [6.07, 6.45) is 0. The fourth-order valence-corrected chi connectivity index (χ4v) is 4.02. The molecule has 7 heteroatoms. The zero-order valence-electron chi connectivity index (χ0n) is 13.3. The van der Waals surface area contributed by atoms with Crippen LogP contribution in [0.15, 0.2) is 17.5 Å². The summed E-state index contributed by atoms with van der Waals surface area (Å²) in [7, 11) is 2.09. The number of nitrogens with zero attached hydrogens (tertiary/aromatic N) is 4. The van der Waals surface area contributed by atoms with E-state index in [-0.39, 0.29) is 5.91 Å². The number of fused-ring (bicyclic) bond motifs is 1. The van der Waals surface area contributed by atoms with E-state index in [9.17, 15) is 4.79 Å². The molecule has 122 valence electrons. The van der Waals surface area contributed by atoms with Crippen molar-refractivity contribution in [2.75, 3.05) is 33.2 Å². The molecule has 0 atom stereocenters. The van der Waals surface area contributed by atoms with Crippen molar-refractivity contribution >= 4 is 17.2 Å². The van der Waals surface area contributed by atoms with Crippen molar-refractivity contribution in [1.29, 1.82) is 0 Å². The zero-order valence-corrected chi connectivity index (χ0v) is 14.1. The van der Waals surface area contributed by atoms with Crippen LogP contribution in [0.3, 0.4) is 0 Å². The Kier molecular flexibility index (Phi) is 3.92. The summed E-state index contributed by atoms with van der Waals surface area (Å²) in [6.45, 7) is 6.02. The second-order valence-electron chi connectivity index (χ2n) is 6.35. The lowest BCUT2D eigenvalue weighted by Gasteiger charge is -2.32. The molecule has 1 N–H and O–H groups in total. The number of thiophene rings is 1. The topological polar surface area (TPSA) is 55.5 Å². The molecule has 0 unspecified atom stereocenters. The fraction of sp³-hybridized carbons (Fsp3) is 0.500. The summed E-state index contributed by atoms with van der Waals surface area (Å²) in [5.41, 5.74) is 2.81. The Hall–Kier alpha value is -1.70. The van der Waals surface area contributed by atoms with E-state index in [1.165, 1.54) is 4.88 Å². The van der Waals surface area contributed by atoms with Crippen molar-refractivity contribution in [2.45, 2.75) is 19.6 Å². The number of piperazine rings is 1. The molecule has 0 saturated carbocycles. The molecular weight excluding hydrogens is 310 g/mol. The molecule has 2 aliphatic heterocycles. The van der Waals surface area contributed by atoms with Gasteiger partial charge in [-0.1, -0.05) is 6.07 Å². The number of hydrogen-bond acceptors (Lipinski definition) is 5.